The molecule has 0 saturated heterocycles. The molecule has 1 N–H and O–H groups in total. The number of carbonyl (C=O) groups is 2. The van der Waals surface area contributed by atoms with Gasteiger partial charge in [-0.15, -0.1) is 0 Å². The molecule has 3 heteroatoms. The van der Waals surface area contributed by atoms with Crippen LogP contribution in [0.1, 0.15) is 46.0 Å². The molecular formula is C10H19NO2. The number of hydrogen-bond acceptors (Lipinski definition) is 2. The zero-order chi connectivity index (χ0) is 10.1. The van der Waals surface area contributed by atoms with Gasteiger partial charge in [-0.1, -0.05) is 26.2 Å². The first-order chi connectivity index (χ1) is 6.16. The first-order valence-corrected chi connectivity index (χ1v) is 4.93. The van der Waals surface area contributed by atoms with Crippen molar-refractivity contribution in [1.29, 1.82) is 0 Å². The molecule has 0 bridgehead atoms. The molecule has 13 heavy (non-hydrogen) atoms. The smallest absolute Gasteiger partial charge is 0.227 e. The number of rotatable bonds is 7. The molecule has 0 aromatic heterocycles. The van der Waals surface area contributed by atoms with Crippen molar-refractivity contribution in [2.45, 2.75) is 46.0 Å². The van der Waals surface area contributed by atoms with Gasteiger partial charge in [0.15, 0.2) is 0 Å². The molecule has 0 aromatic rings. The Balaban J connectivity index is 3.22. The standard InChI is InChI=1S/C10H19NO2/c1-3-4-5-6-7-11-10(13)8-9(2)12/h3-8H2,1-2H3,(H,11,13). The summed E-state index contributed by atoms with van der Waals surface area (Å²) in [6, 6.07) is 0. The van der Waals surface area contributed by atoms with E-state index in [-0.39, 0.29) is 18.1 Å². The number of Topliss-reactive ketones (excluding diaryl/α,β-unsaturated/α-hetero) is 1. The maximum absolute atomic E-state index is 11.0. The molecule has 1 amide bonds. The van der Waals surface area contributed by atoms with Crippen LogP contribution in [0.15, 0.2) is 0 Å². The second-order valence-corrected chi connectivity index (χ2v) is 3.29. The number of amides is 1. The molecule has 0 heterocycles. The highest BCUT2D eigenvalue weighted by Gasteiger charge is 2.02. The third-order valence-electron chi connectivity index (χ3n) is 1.76. The van der Waals surface area contributed by atoms with E-state index in [0.29, 0.717) is 6.54 Å². The summed E-state index contributed by atoms with van der Waals surface area (Å²) in [5.41, 5.74) is 0. The SMILES string of the molecule is CCCCCCNC(=O)CC(C)=O. The molecule has 0 unspecified atom stereocenters. The largest absolute Gasteiger partial charge is 0.356 e. The lowest BCUT2D eigenvalue weighted by atomic mass is 10.2. The van der Waals surface area contributed by atoms with Gasteiger partial charge in [-0.25, -0.2) is 0 Å². The fourth-order valence-corrected chi connectivity index (χ4v) is 1.07. The zero-order valence-electron chi connectivity index (χ0n) is 8.56. The Morgan fingerprint density at radius 1 is 1.15 bits per heavy atom. The molecule has 0 saturated carbocycles. The molecule has 0 rings (SSSR count). The van der Waals surface area contributed by atoms with Gasteiger partial charge in [0, 0.05) is 6.54 Å². The van der Waals surface area contributed by atoms with Crippen LogP contribution in [-0.4, -0.2) is 18.2 Å². The minimum atomic E-state index is -0.149. The fourth-order valence-electron chi connectivity index (χ4n) is 1.07. The van der Waals surface area contributed by atoms with Crippen molar-refractivity contribution < 1.29 is 9.59 Å². The van der Waals surface area contributed by atoms with Crippen LogP contribution < -0.4 is 5.32 Å². The van der Waals surface area contributed by atoms with Gasteiger partial charge in [-0.3, -0.25) is 9.59 Å². The van der Waals surface area contributed by atoms with Gasteiger partial charge in [0.25, 0.3) is 0 Å². The molecule has 76 valence electrons. The minimum Gasteiger partial charge on any atom is -0.356 e. The number of ketones is 1. The van der Waals surface area contributed by atoms with Crippen molar-refractivity contribution in [2.75, 3.05) is 6.54 Å². The molecule has 0 radical (unpaired) electrons. The molecule has 0 aromatic carbocycles. The minimum absolute atomic E-state index is 0.0216. The van der Waals surface area contributed by atoms with Crippen LogP contribution in [0, 0.1) is 0 Å². The van der Waals surface area contributed by atoms with Crippen molar-refractivity contribution in [3.63, 3.8) is 0 Å². The number of unbranched alkanes of at least 4 members (excludes halogenated alkanes) is 3. The molecule has 0 atom stereocenters. The molecule has 3 nitrogen and oxygen atoms in total. The summed E-state index contributed by atoms with van der Waals surface area (Å²) in [6.45, 7) is 4.27. The van der Waals surface area contributed by atoms with Gasteiger partial charge in [-0.2, -0.15) is 0 Å². The van der Waals surface area contributed by atoms with E-state index in [9.17, 15) is 9.59 Å². The predicted octanol–water partition coefficient (Wildman–Crippen LogP) is 1.66. The summed E-state index contributed by atoms with van der Waals surface area (Å²) in [5.74, 6) is -0.227. The topological polar surface area (TPSA) is 46.2 Å². The van der Waals surface area contributed by atoms with E-state index in [1.165, 1.54) is 19.8 Å². The highest BCUT2D eigenvalue weighted by molar-refractivity contribution is 5.96. The Labute approximate surface area is 79.9 Å². The maximum Gasteiger partial charge on any atom is 0.227 e. The first-order valence-electron chi connectivity index (χ1n) is 4.93. The van der Waals surface area contributed by atoms with Crippen LogP contribution in [-0.2, 0) is 9.59 Å². The van der Waals surface area contributed by atoms with E-state index < -0.39 is 0 Å². The molecule has 0 spiro atoms. The summed E-state index contributed by atoms with van der Waals surface area (Å²) in [4.78, 5) is 21.5. The second-order valence-electron chi connectivity index (χ2n) is 3.29. The van der Waals surface area contributed by atoms with Crippen LogP contribution in [0.2, 0.25) is 0 Å². The van der Waals surface area contributed by atoms with Gasteiger partial charge < -0.3 is 5.32 Å². The van der Waals surface area contributed by atoms with E-state index in [1.807, 2.05) is 0 Å². The molecule has 0 fully saturated rings. The summed E-state index contributed by atoms with van der Waals surface area (Å²) >= 11 is 0. The normalized spacial score (nSPS) is 9.69. The Hall–Kier alpha value is -0.860. The van der Waals surface area contributed by atoms with E-state index in [1.54, 1.807) is 0 Å². The number of nitrogens with one attached hydrogen (secondary N) is 1. The van der Waals surface area contributed by atoms with E-state index in [2.05, 4.69) is 12.2 Å². The average molecular weight is 185 g/mol. The van der Waals surface area contributed by atoms with Crippen molar-refractivity contribution in [1.82, 2.24) is 5.32 Å². The monoisotopic (exact) mass is 185 g/mol. The van der Waals surface area contributed by atoms with Crippen LogP contribution >= 0.6 is 0 Å². The van der Waals surface area contributed by atoms with Gasteiger partial charge in [-0.05, 0) is 13.3 Å². The number of hydrogen-bond donors (Lipinski definition) is 1. The van der Waals surface area contributed by atoms with E-state index in [4.69, 9.17) is 0 Å². The molecular weight excluding hydrogens is 166 g/mol. The van der Waals surface area contributed by atoms with Gasteiger partial charge in [0.1, 0.15) is 5.78 Å². The van der Waals surface area contributed by atoms with Crippen molar-refractivity contribution in [3.8, 4) is 0 Å². The molecule has 0 aliphatic rings. The van der Waals surface area contributed by atoms with Gasteiger partial charge >= 0.3 is 0 Å². The van der Waals surface area contributed by atoms with Crippen LogP contribution in [0.4, 0.5) is 0 Å². The van der Waals surface area contributed by atoms with Crippen LogP contribution in [0.25, 0.3) is 0 Å². The first kappa shape index (κ1) is 12.1. The lowest BCUT2D eigenvalue weighted by molar-refractivity contribution is -0.127. The van der Waals surface area contributed by atoms with E-state index >= 15 is 0 Å². The van der Waals surface area contributed by atoms with Crippen LogP contribution in [0.5, 0.6) is 0 Å². The Kier molecular flexibility index (Phi) is 7.26. The number of carbonyl (C=O) groups excluding carboxylic acids is 2. The summed E-state index contributed by atoms with van der Waals surface area (Å²) < 4.78 is 0. The second kappa shape index (κ2) is 7.77. The molecule has 0 aliphatic carbocycles. The highest BCUT2D eigenvalue weighted by Crippen LogP contribution is 1.97. The van der Waals surface area contributed by atoms with Crippen LogP contribution in [0.3, 0.4) is 0 Å². The summed E-state index contributed by atoms with van der Waals surface area (Å²) in [7, 11) is 0. The van der Waals surface area contributed by atoms with Crippen molar-refractivity contribution in [3.05, 3.63) is 0 Å². The Morgan fingerprint density at radius 2 is 1.85 bits per heavy atom. The molecule has 0 aliphatic heterocycles. The van der Waals surface area contributed by atoms with Gasteiger partial charge in [0.05, 0.1) is 6.42 Å². The van der Waals surface area contributed by atoms with E-state index in [0.717, 1.165) is 12.8 Å². The summed E-state index contributed by atoms with van der Waals surface area (Å²) in [6.07, 6.45) is 4.59. The fraction of sp³-hybridized carbons (Fsp3) is 0.800. The third-order valence-corrected chi connectivity index (χ3v) is 1.76. The highest BCUT2D eigenvalue weighted by atomic mass is 16.2. The third kappa shape index (κ3) is 9.05. The summed E-state index contributed by atoms with van der Waals surface area (Å²) in [5, 5.41) is 2.71. The van der Waals surface area contributed by atoms with Crippen molar-refractivity contribution in [2.24, 2.45) is 0 Å². The predicted molar refractivity (Wildman–Crippen MR) is 52.4 cm³/mol. The lowest BCUT2D eigenvalue weighted by Crippen LogP contribution is -2.25. The van der Waals surface area contributed by atoms with Crippen molar-refractivity contribution >= 4 is 11.7 Å². The Morgan fingerprint density at radius 3 is 2.38 bits per heavy atom. The maximum atomic E-state index is 11.0. The average Bonchev–Trinajstić information content (AvgIpc) is 2.02. The zero-order valence-corrected chi connectivity index (χ0v) is 8.56. The lowest BCUT2D eigenvalue weighted by Gasteiger charge is -2.02. The quantitative estimate of drug-likeness (QED) is 0.484. The Bertz CT molecular complexity index is 166. The van der Waals surface area contributed by atoms with Gasteiger partial charge in [0.2, 0.25) is 5.91 Å².